The molecule has 0 fully saturated rings. The van der Waals surface area contributed by atoms with E-state index < -0.39 is 6.10 Å². The van der Waals surface area contributed by atoms with Crippen molar-refractivity contribution in [3.8, 4) is 0 Å². The summed E-state index contributed by atoms with van der Waals surface area (Å²) in [6.45, 7) is 0.905. The van der Waals surface area contributed by atoms with Crippen LogP contribution in [0.1, 0.15) is 18.1 Å². The molecule has 1 atom stereocenters. The number of benzene rings is 1. The average Bonchev–Trinajstić information content (AvgIpc) is 2.34. The van der Waals surface area contributed by atoms with Crippen molar-refractivity contribution in [3.63, 3.8) is 0 Å². The fourth-order valence-corrected chi connectivity index (χ4v) is 1.68. The molecule has 0 aliphatic heterocycles. The number of halogens is 1. The fourth-order valence-electron chi connectivity index (χ4n) is 1.42. The number of carbonyl (C=O) groups is 1. The van der Waals surface area contributed by atoms with E-state index in [-0.39, 0.29) is 5.91 Å². The summed E-state index contributed by atoms with van der Waals surface area (Å²) in [6, 6.07) is 7.17. The number of amides is 1. The van der Waals surface area contributed by atoms with Crippen molar-refractivity contribution in [2.24, 2.45) is 0 Å². The molecule has 4 nitrogen and oxygen atoms in total. The highest BCUT2D eigenvalue weighted by Crippen LogP contribution is 2.21. The third-order valence-electron chi connectivity index (χ3n) is 2.41. The predicted molar refractivity (Wildman–Crippen MR) is 68.0 cm³/mol. The first kappa shape index (κ1) is 14.0. The largest absolute Gasteiger partial charge is 0.387 e. The summed E-state index contributed by atoms with van der Waals surface area (Å²) in [4.78, 5) is 10.9. The van der Waals surface area contributed by atoms with Crippen LogP contribution in [-0.4, -0.2) is 31.2 Å². The lowest BCUT2D eigenvalue weighted by atomic mass is 10.1. The van der Waals surface area contributed by atoms with Crippen molar-refractivity contribution >= 4 is 17.5 Å². The van der Waals surface area contributed by atoms with Crippen LogP contribution in [0.15, 0.2) is 24.3 Å². The SMILES string of the molecule is CNC(=O)CCNCC(O)c1ccccc1Cl. The van der Waals surface area contributed by atoms with E-state index in [1.807, 2.05) is 12.1 Å². The topological polar surface area (TPSA) is 61.4 Å². The Hall–Kier alpha value is -1.10. The zero-order valence-corrected chi connectivity index (χ0v) is 10.5. The molecule has 0 aliphatic rings. The van der Waals surface area contributed by atoms with Crippen molar-refractivity contribution < 1.29 is 9.90 Å². The Morgan fingerprint density at radius 2 is 2.18 bits per heavy atom. The number of aliphatic hydroxyl groups excluding tert-OH is 1. The van der Waals surface area contributed by atoms with Gasteiger partial charge < -0.3 is 15.7 Å². The number of hydrogen-bond acceptors (Lipinski definition) is 3. The molecule has 5 heteroatoms. The van der Waals surface area contributed by atoms with Gasteiger partial charge in [-0.1, -0.05) is 29.8 Å². The van der Waals surface area contributed by atoms with Gasteiger partial charge in [0.15, 0.2) is 0 Å². The van der Waals surface area contributed by atoms with Gasteiger partial charge in [-0.15, -0.1) is 0 Å². The third-order valence-corrected chi connectivity index (χ3v) is 2.75. The van der Waals surface area contributed by atoms with Crippen molar-refractivity contribution in [1.29, 1.82) is 0 Å². The molecular formula is C12H17ClN2O2. The molecule has 94 valence electrons. The van der Waals surface area contributed by atoms with E-state index in [4.69, 9.17) is 11.6 Å². The van der Waals surface area contributed by atoms with Crippen LogP contribution in [0.4, 0.5) is 0 Å². The molecule has 0 aliphatic carbocycles. The summed E-state index contributed by atoms with van der Waals surface area (Å²) in [5, 5.41) is 16.0. The molecule has 17 heavy (non-hydrogen) atoms. The van der Waals surface area contributed by atoms with Crippen molar-refractivity contribution in [2.75, 3.05) is 20.1 Å². The molecule has 1 rings (SSSR count). The first-order valence-corrected chi connectivity index (χ1v) is 5.86. The lowest BCUT2D eigenvalue weighted by molar-refractivity contribution is -0.120. The Kier molecular flexibility index (Phi) is 5.97. The number of aliphatic hydroxyl groups is 1. The van der Waals surface area contributed by atoms with Gasteiger partial charge in [0, 0.05) is 37.1 Å². The normalized spacial score (nSPS) is 12.2. The predicted octanol–water partition coefficient (Wildman–Crippen LogP) is 1.10. The number of rotatable bonds is 6. The number of hydrogen-bond donors (Lipinski definition) is 3. The molecule has 0 saturated carbocycles. The third kappa shape index (κ3) is 4.73. The van der Waals surface area contributed by atoms with E-state index in [1.165, 1.54) is 0 Å². The maximum atomic E-state index is 10.9. The molecule has 0 radical (unpaired) electrons. The molecule has 1 aromatic carbocycles. The molecule has 1 aromatic rings. The summed E-state index contributed by atoms with van der Waals surface area (Å²) in [7, 11) is 1.60. The van der Waals surface area contributed by atoms with Crippen LogP contribution in [0.3, 0.4) is 0 Å². The monoisotopic (exact) mass is 256 g/mol. The first-order valence-electron chi connectivity index (χ1n) is 5.49. The highest BCUT2D eigenvalue weighted by Gasteiger charge is 2.10. The van der Waals surface area contributed by atoms with Gasteiger partial charge in [0.05, 0.1) is 6.10 Å². The van der Waals surface area contributed by atoms with Gasteiger partial charge in [-0.3, -0.25) is 4.79 Å². The van der Waals surface area contributed by atoms with E-state index in [9.17, 15) is 9.90 Å². The summed E-state index contributed by atoms with van der Waals surface area (Å²) in [6.07, 6.45) is -0.264. The van der Waals surface area contributed by atoms with Crippen LogP contribution in [0.2, 0.25) is 5.02 Å². The van der Waals surface area contributed by atoms with Gasteiger partial charge in [-0.2, -0.15) is 0 Å². The van der Waals surface area contributed by atoms with Gasteiger partial charge in [-0.25, -0.2) is 0 Å². The van der Waals surface area contributed by atoms with Gasteiger partial charge >= 0.3 is 0 Å². The lowest BCUT2D eigenvalue weighted by Crippen LogP contribution is -2.27. The van der Waals surface area contributed by atoms with Crippen LogP contribution in [0.5, 0.6) is 0 Å². The second kappa shape index (κ2) is 7.27. The maximum Gasteiger partial charge on any atom is 0.221 e. The first-order chi connectivity index (χ1) is 8.15. The number of carbonyl (C=O) groups excluding carboxylic acids is 1. The Balaban J connectivity index is 2.33. The smallest absolute Gasteiger partial charge is 0.221 e. The van der Waals surface area contributed by atoms with Crippen LogP contribution in [0, 0.1) is 0 Å². The molecule has 0 heterocycles. The standard InChI is InChI=1S/C12H17ClN2O2/c1-14-12(17)6-7-15-8-11(16)9-4-2-3-5-10(9)13/h2-5,11,15-16H,6-8H2,1H3,(H,14,17). The Morgan fingerprint density at radius 1 is 1.47 bits per heavy atom. The molecule has 0 bridgehead atoms. The molecule has 0 aromatic heterocycles. The van der Waals surface area contributed by atoms with E-state index in [0.29, 0.717) is 30.1 Å². The summed E-state index contributed by atoms with van der Waals surface area (Å²) in [5.74, 6) is -0.0234. The molecule has 1 amide bonds. The lowest BCUT2D eigenvalue weighted by Gasteiger charge is -2.13. The van der Waals surface area contributed by atoms with E-state index in [0.717, 1.165) is 0 Å². The highest BCUT2D eigenvalue weighted by atomic mass is 35.5. The molecular weight excluding hydrogens is 240 g/mol. The van der Waals surface area contributed by atoms with Crippen molar-refractivity contribution in [1.82, 2.24) is 10.6 Å². The zero-order valence-electron chi connectivity index (χ0n) is 9.74. The maximum absolute atomic E-state index is 10.9. The second-order valence-electron chi connectivity index (χ2n) is 3.66. The minimum atomic E-state index is -0.659. The zero-order chi connectivity index (χ0) is 12.7. The Labute approximate surface area is 106 Å². The average molecular weight is 257 g/mol. The molecule has 0 spiro atoms. The van der Waals surface area contributed by atoms with Crippen LogP contribution < -0.4 is 10.6 Å². The second-order valence-corrected chi connectivity index (χ2v) is 4.07. The Morgan fingerprint density at radius 3 is 2.82 bits per heavy atom. The van der Waals surface area contributed by atoms with Gasteiger partial charge in [0.2, 0.25) is 5.91 Å². The van der Waals surface area contributed by atoms with E-state index in [1.54, 1.807) is 19.2 Å². The summed E-state index contributed by atoms with van der Waals surface area (Å²) < 4.78 is 0. The molecule has 3 N–H and O–H groups in total. The van der Waals surface area contributed by atoms with Crippen molar-refractivity contribution in [3.05, 3.63) is 34.9 Å². The highest BCUT2D eigenvalue weighted by molar-refractivity contribution is 6.31. The van der Waals surface area contributed by atoms with E-state index in [2.05, 4.69) is 10.6 Å². The van der Waals surface area contributed by atoms with Crippen LogP contribution in [-0.2, 0) is 4.79 Å². The van der Waals surface area contributed by atoms with Gasteiger partial charge in [-0.05, 0) is 6.07 Å². The van der Waals surface area contributed by atoms with E-state index >= 15 is 0 Å². The van der Waals surface area contributed by atoms with Gasteiger partial charge in [0.1, 0.15) is 0 Å². The van der Waals surface area contributed by atoms with Crippen LogP contribution in [0.25, 0.3) is 0 Å². The minimum absolute atomic E-state index is 0.0234. The number of nitrogens with one attached hydrogen (secondary N) is 2. The summed E-state index contributed by atoms with van der Waals surface area (Å²) >= 11 is 5.95. The Bertz CT molecular complexity index is 371. The molecule has 0 saturated heterocycles. The minimum Gasteiger partial charge on any atom is -0.387 e. The quantitative estimate of drug-likeness (QED) is 0.668. The van der Waals surface area contributed by atoms with Crippen LogP contribution >= 0.6 is 11.6 Å². The molecule has 1 unspecified atom stereocenters. The van der Waals surface area contributed by atoms with Gasteiger partial charge in [0.25, 0.3) is 0 Å². The van der Waals surface area contributed by atoms with Crippen molar-refractivity contribution in [2.45, 2.75) is 12.5 Å². The fraction of sp³-hybridized carbons (Fsp3) is 0.417. The summed E-state index contributed by atoms with van der Waals surface area (Å²) in [5.41, 5.74) is 0.696.